The molecule has 1 rings (SSSR count). The van der Waals surface area contributed by atoms with Crippen molar-refractivity contribution in [1.82, 2.24) is 14.9 Å². The lowest BCUT2D eigenvalue weighted by atomic mass is 10.1. The summed E-state index contributed by atoms with van der Waals surface area (Å²) in [5.41, 5.74) is 0.345. The first-order valence-electron chi connectivity index (χ1n) is 7.12. The Kier molecular flexibility index (Phi) is 5.48. The average molecular weight is 278 g/mol. The van der Waals surface area contributed by atoms with Gasteiger partial charge in [-0.1, -0.05) is 13.3 Å². The van der Waals surface area contributed by atoms with Crippen LogP contribution >= 0.6 is 0 Å². The van der Waals surface area contributed by atoms with Crippen LogP contribution in [0.2, 0.25) is 0 Å². The van der Waals surface area contributed by atoms with Gasteiger partial charge >= 0.3 is 0 Å². The third kappa shape index (κ3) is 5.15. The molecule has 0 aliphatic rings. The molecule has 5 heteroatoms. The fraction of sp³-hybridized carbons (Fsp3) is 0.667. The predicted molar refractivity (Wildman–Crippen MR) is 82.0 cm³/mol. The van der Waals surface area contributed by atoms with E-state index in [1.54, 1.807) is 17.9 Å². The molecule has 5 nitrogen and oxygen atoms in total. The Hall–Kier alpha value is -1.65. The summed E-state index contributed by atoms with van der Waals surface area (Å²) in [6.45, 7) is 10.8. The number of rotatable bonds is 5. The largest absolute Gasteiger partial charge is 0.365 e. The highest BCUT2D eigenvalue weighted by Gasteiger charge is 2.17. The van der Waals surface area contributed by atoms with E-state index in [0.717, 1.165) is 19.4 Å². The van der Waals surface area contributed by atoms with Crippen LogP contribution in [0.4, 0.5) is 5.82 Å². The molecule has 0 aliphatic heterocycles. The van der Waals surface area contributed by atoms with Gasteiger partial charge in [-0.25, -0.2) is 9.97 Å². The fourth-order valence-electron chi connectivity index (χ4n) is 1.82. The predicted octanol–water partition coefficient (Wildman–Crippen LogP) is 2.87. The van der Waals surface area contributed by atoms with Crippen LogP contribution in [0, 0.1) is 6.92 Å². The number of nitrogens with zero attached hydrogens (tertiary/aromatic N) is 3. The average Bonchev–Trinajstić information content (AvgIpc) is 2.32. The lowest BCUT2D eigenvalue weighted by Gasteiger charge is -2.22. The number of amides is 1. The Morgan fingerprint density at radius 3 is 2.55 bits per heavy atom. The summed E-state index contributed by atoms with van der Waals surface area (Å²) in [7, 11) is 1.81. The van der Waals surface area contributed by atoms with E-state index in [1.165, 1.54) is 0 Å². The molecule has 0 fully saturated rings. The third-order valence-electron chi connectivity index (χ3n) is 2.75. The molecule has 0 aromatic carbocycles. The smallest absolute Gasteiger partial charge is 0.272 e. The molecule has 0 aliphatic carbocycles. The van der Waals surface area contributed by atoms with Gasteiger partial charge in [0.15, 0.2) is 0 Å². The van der Waals surface area contributed by atoms with Gasteiger partial charge in [-0.05, 0) is 34.1 Å². The standard InChI is InChI=1S/C15H26N4O/c1-7-8-9-19(6)14(20)12-10-13(17-11(2)16-12)18-15(3,4)5/h10H,7-9H2,1-6H3,(H,16,17,18). The zero-order valence-electron chi connectivity index (χ0n) is 13.4. The maximum Gasteiger partial charge on any atom is 0.272 e. The molecule has 1 amide bonds. The summed E-state index contributed by atoms with van der Waals surface area (Å²) in [5.74, 6) is 1.24. The quantitative estimate of drug-likeness (QED) is 0.899. The maximum atomic E-state index is 12.3. The van der Waals surface area contributed by atoms with Crippen LogP contribution in [-0.2, 0) is 0 Å². The van der Waals surface area contributed by atoms with Crippen molar-refractivity contribution in [2.45, 2.75) is 53.0 Å². The van der Waals surface area contributed by atoms with Gasteiger partial charge < -0.3 is 10.2 Å². The Balaban J connectivity index is 2.92. The molecule has 0 radical (unpaired) electrons. The number of unbranched alkanes of at least 4 members (excludes halogenated alkanes) is 1. The molecule has 0 saturated carbocycles. The molecular weight excluding hydrogens is 252 g/mol. The van der Waals surface area contributed by atoms with Crippen LogP contribution in [0.25, 0.3) is 0 Å². The van der Waals surface area contributed by atoms with Gasteiger partial charge in [0.1, 0.15) is 17.3 Å². The van der Waals surface area contributed by atoms with E-state index in [9.17, 15) is 4.79 Å². The number of anilines is 1. The van der Waals surface area contributed by atoms with Gasteiger partial charge in [0.05, 0.1) is 0 Å². The molecule has 20 heavy (non-hydrogen) atoms. The van der Waals surface area contributed by atoms with Gasteiger partial charge in [0.25, 0.3) is 5.91 Å². The Bertz CT molecular complexity index is 465. The van der Waals surface area contributed by atoms with Gasteiger partial charge in [-0.3, -0.25) is 4.79 Å². The lowest BCUT2D eigenvalue weighted by Crippen LogP contribution is -2.30. The van der Waals surface area contributed by atoms with Crippen molar-refractivity contribution >= 4 is 11.7 Å². The van der Waals surface area contributed by atoms with Crippen molar-refractivity contribution in [1.29, 1.82) is 0 Å². The second-order valence-electron chi connectivity index (χ2n) is 6.14. The van der Waals surface area contributed by atoms with E-state index in [0.29, 0.717) is 17.3 Å². The summed E-state index contributed by atoms with van der Waals surface area (Å²) >= 11 is 0. The SMILES string of the molecule is CCCCN(C)C(=O)c1cc(NC(C)(C)C)nc(C)n1. The molecule has 1 N–H and O–H groups in total. The number of aromatic nitrogens is 2. The lowest BCUT2D eigenvalue weighted by molar-refractivity contribution is 0.0787. The van der Waals surface area contributed by atoms with Crippen molar-refractivity contribution in [2.75, 3.05) is 18.9 Å². The van der Waals surface area contributed by atoms with E-state index in [1.807, 2.05) is 7.05 Å². The van der Waals surface area contributed by atoms with Crippen LogP contribution in [0.1, 0.15) is 56.8 Å². The highest BCUT2D eigenvalue weighted by atomic mass is 16.2. The summed E-state index contributed by atoms with van der Waals surface area (Å²) < 4.78 is 0. The first-order chi connectivity index (χ1) is 9.23. The number of hydrogen-bond acceptors (Lipinski definition) is 4. The van der Waals surface area contributed by atoms with E-state index in [4.69, 9.17) is 0 Å². The van der Waals surface area contributed by atoms with Crippen molar-refractivity contribution in [3.63, 3.8) is 0 Å². The topological polar surface area (TPSA) is 58.1 Å². The highest BCUT2D eigenvalue weighted by Crippen LogP contribution is 2.14. The van der Waals surface area contributed by atoms with Crippen molar-refractivity contribution in [3.05, 3.63) is 17.6 Å². The summed E-state index contributed by atoms with van der Waals surface area (Å²) in [6, 6.07) is 1.73. The summed E-state index contributed by atoms with van der Waals surface area (Å²) in [4.78, 5) is 22.6. The monoisotopic (exact) mass is 278 g/mol. The fourth-order valence-corrected chi connectivity index (χ4v) is 1.82. The zero-order valence-corrected chi connectivity index (χ0v) is 13.4. The van der Waals surface area contributed by atoms with E-state index >= 15 is 0 Å². The van der Waals surface area contributed by atoms with Crippen LogP contribution in [0.15, 0.2) is 6.07 Å². The van der Waals surface area contributed by atoms with Gasteiger partial charge in [0.2, 0.25) is 0 Å². The molecular formula is C15H26N4O. The Labute approximate surface area is 121 Å². The third-order valence-corrected chi connectivity index (χ3v) is 2.75. The molecule has 0 spiro atoms. The van der Waals surface area contributed by atoms with Crippen LogP contribution in [-0.4, -0.2) is 39.9 Å². The van der Waals surface area contributed by atoms with Gasteiger partial charge in [0, 0.05) is 25.2 Å². The van der Waals surface area contributed by atoms with Gasteiger partial charge in [-0.15, -0.1) is 0 Å². The summed E-state index contributed by atoms with van der Waals surface area (Å²) in [5, 5.41) is 3.28. The molecule has 0 atom stereocenters. The van der Waals surface area contributed by atoms with Crippen LogP contribution in [0.3, 0.4) is 0 Å². The van der Waals surface area contributed by atoms with Gasteiger partial charge in [-0.2, -0.15) is 0 Å². The summed E-state index contributed by atoms with van der Waals surface area (Å²) in [6.07, 6.45) is 2.07. The highest BCUT2D eigenvalue weighted by molar-refractivity contribution is 5.92. The van der Waals surface area contributed by atoms with Crippen LogP contribution in [0.5, 0.6) is 0 Å². The van der Waals surface area contributed by atoms with E-state index in [2.05, 4.69) is 43.0 Å². The minimum Gasteiger partial charge on any atom is -0.365 e. The first-order valence-corrected chi connectivity index (χ1v) is 7.12. The Morgan fingerprint density at radius 2 is 2.00 bits per heavy atom. The molecule has 1 aromatic heterocycles. The molecule has 0 unspecified atom stereocenters. The zero-order chi connectivity index (χ0) is 15.3. The van der Waals surface area contributed by atoms with E-state index in [-0.39, 0.29) is 11.4 Å². The normalized spacial score (nSPS) is 11.3. The molecule has 0 bridgehead atoms. The van der Waals surface area contributed by atoms with Crippen molar-refractivity contribution in [2.24, 2.45) is 0 Å². The molecule has 112 valence electrons. The number of carbonyl (C=O) groups excluding carboxylic acids is 1. The number of carbonyl (C=O) groups is 1. The minimum atomic E-state index is -0.102. The van der Waals surface area contributed by atoms with Crippen molar-refractivity contribution in [3.8, 4) is 0 Å². The minimum absolute atomic E-state index is 0.0547. The first kappa shape index (κ1) is 16.4. The maximum absolute atomic E-state index is 12.3. The second kappa shape index (κ2) is 6.68. The Morgan fingerprint density at radius 1 is 1.35 bits per heavy atom. The van der Waals surface area contributed by atoms with Crippen LogP contribution < -0.4 is 5.32 Å². The number of aryl methyl sites for hydroxylation is 1. The number of hydrogen-bond donors (Lipinski definition) is 1. The molecule has 1 aromatic rings. The van der Waals surface area contributed by atoms with E-state index < -0.39 is 0 Å². The second-order valence-corrected chi connectivity index (χ2v) is 6.14. The molecule has 1 heterocycles. The number of nitrogens with one attached hydrogen (secondary N) is 1. The molecule has 0 saturated heterocycles. The van der Waals surface area contributed by atoms with Crippen molar-refractivity contribution < 1.29 is 4.79 Å².